The van der Waals surface area contributed by atoms with Gasteiger partial charge in [-0.05, 0) is 19.1 Å². The van der Waals surface area contributed by atoms with Crippen LogP contribution in [0.25, 0.3) is 0 Å². The van der Waals surface area contributed by atoms with Crippen molar-refractivity contribution in [3.63, 3.8) is 0 Å². The minimum Gasteiger partial charge on any atom is -0.368 e. The Hall–Kier alpha value is -2.02. The van der Waals surface area contributed by atoms with Crippen molar-refractivity contribution in [3.05, 3.63) is 24.3 Å². The number of hydrogen-bond acceptors (Lipinski definition) is 3. The molecule has 1 aromatic rings. The highest BCUT2D eigenvalue weighted by molar-refractivity contribution is 5.92. The molecule has 0 fully saturated rings. The lowest BCUT2D eigenvalue weighted by molar-refractivity contribution is -0.114. The number of rotatable bonds is 3. The van der Waals surface area contributed by atoms with Gasteiger partial charge in [-0.2, -0.15) is 5.26 Å². The highest BCUT2D eigenvalue weighted by Crippen LogP contribution is 2.21. The van der Waals surface area contributed by atoms with E-state index < -0.39 is 0 Å². The van der Waals surface area contributed by atoms with Gasteiger partial charge in [-0.1, -0.05) is 12.1 Å². The SMILES string of the molecule is CC(=O)Nc1ccccc1NC(C)C#N. The van der Waals surface area contributed by atoms with Gasteiger partial charge in [0, 0.05) is 6.92 Å². The smallest absolute Gasteiger partial charge is 0.221 e. The zero-order valence-electron chi connectivity index (χ0n) is 8.74. The Kier molecular flexibility index (Phi) is 3.69. The molecule has 0 aromatic heterocycles. The number of nitrogens with zero attached hydrogens (tertiary/aromatic N) is 1. The van der Waals surface area contributed by atoms with E-state index in [-0.39, 0.29) is 11.9 Å². The first-order valence-electron chi connectivity index (χ1n) is 4.66. The van der Waals surface area contributed by atoms with Gasteiger partial charge >= 0.3 is 0 Å². The molecule has 1 amide bonds. The molecule has 0 radical (unpaired) electrons. The first-order chi connectivity index (χ1) is 7.13. The summed E-state index contributed by atoms with van der Waals surface area (Å²) in [6.45, 7) is 3.20. The predicted octanol–water partition coefficient (Wildman–Crippen LogP) is 1.97. The Bertz CT molecular complexity index is 395. The topological polar surface area (TPSA) is 64.9 Å². The third-order valence-corrected chi connectivity index (χ3v) is 1.80. The molecule has 4 nitrogen and oxygen atoms in total. The maximum atomic E-state index is 10.9. The Morgan fingerprint density at radius 3 is 2.53 bits per heavy atom. The zero-order chi connectivity index (χ0) is 11.3. The van der Waals surface area contributed by atoms with Crippen molar-refractivity contribution >= 4 is 17.3 Å². The second-order valence-corrected chi connectivity index (χ2v) is 3.22. The standard InChI is InChI=1S/C11H13N3O/c1-8(7-12)13-10-5-3-4-6-11(10)14-9(2)15/h3-6,8,13H,1-2H3,(H,14,15). The fourth-order valence-corrected chi connectivity index (χ4v) is 1.17. The average molecular weight is 203 g/mol. The van der Waals surface area contributed by atoms with Gasteiger partial charge in [0.05, 0.1) is 17.4 Å². The van der Waals surface area contributed by atoms with Gasteiger partial charge in [0.25, 0.3) is 0 Å². The summed E-state index contributed by atoms with van der Waals surface area (Å²) in [5.74, 6) is -0.131. The molecule has 0 spiro atoms. The molecule has 15 heavy (non-hydrogen) atoms. The molecule has 4 heteroatoms. The Morgan fingerprint density at radius 2 is 2.00 bits per heavy atom. The largest absolute Gasteiger partial charge is 0.368 e. The second-order valence-electron chi connectivity index (χ2n) is 3.22. The minimum atomic E-state index is -0.292. The molecular formula is C11H13N3O. The number of amides is 1. The molecule has 0 aliphatic rings. The lowest BCUT2D eigenvalue weighted by atomic mass is 10.2. The second kappa shape index (κ2) is 5.01. The fraction of sp³-hybridized carbons (Fsp3) is 0.273. The molecule has 2 N–H and O–H groups in total. The molecule has 0 aliphatic carbocycles. The van der Waals surface area contributed by atoms with Crippen molar-refractivity contribution < 1.29 is 4.79 Å². The Labute approximate surface area is 88.9 Å². The predicted molar refractivity (Wildman–Crippen MR) is 59.4 cm³/mol. The van der Waals surface area contributed by atoms with Crippen LogP contribution in [0.5, 0.6) is 0 Å². The zero-order valence-corrected chi connectivity index (χ0v) is 8.74. The van der Waals surface area contributed by atoms with E-state index in [9.17, 15) is 4.79 Å². The average Bonchev–Trinajstić information content (AvgIpc) is 2.20. The highest BCUT2D eigenvalue weighted by atomic mass is 16.1. The minimum absolute atomic E-state index is 0.131. The van der Waals surface area contributed by atoms with Crippen LogP contribution in [0.1, 0.15) is 13.8 Å². The van der Waals surface area contributed by atoms with Gasteiger partial charge in [0.1, 0.15) is 6.04 Å². The van der Waals surface area contributed by atoms with Crippen LogP contribution >= 0.6 is 0 Å². The maximum absolute atomic E-state index is 10.9. The van der Waals surface area contributed by atoms with Crippen molar-refractivity contribution in [1.82, 2.24) is 0 Å². The van der Waals surface area contributed by atoms with Crippen molar-refractivity contribution in [1.29, 1.82) is 5.26 Å². The molecule has 0 saturated heterocycles. The number of benzene rings is 1. The van der Waals surface area contributed by atoms with Crippen molar-refractivity contribution in [2.45, 2.75) is 19.9 Å². The molecule has 1 atom stereocenters. The van der Waals surface area contributed by atoms with Crippen LogP contribution in [0.3, 0.4) is 0 Å². The summed E-state index contributed by atoms with van der Waals surface area (Å²) in [5, 5.41) is 14.4. The first-order valence-corrected chi connectivity index (χ1v) is 4.66. The van der Waals surface area contributed by atoms with E-state index >= 15 is 0 Å². The number of nitriles is 1. The van der Waals surface area contributed by atoms with Crippen molar-refractivity contribution in [3.8, 4) is 6.07 Å². The molecule has 0 heterocycles. The summed E-state index contributed by atoms with van der Waals surface area (Å²) < 4.78 is 0. The summed E-state index contributed by atoms with van der Waals surface area (Å²) in [5.41, 5.74) is 1.44. The molecule has 78 valence electrons. The normalized spacial score (nSPS) is 11.3. The number of para-hydroxylation sites is 2. The monoisotopic (exact) mass is 203 g/mol. The van der Waals surface area contributed by atoms with E-state index in [1.807, 2.05) is 18.2 Å². The van der Waals surface area contributed by atoms with E-state index in [2.05, 4.69) is 16.7 Å². The quantitative estimate of drug-likeness (QED) is 0.789. The van der Waals surface area contributed by atoms with E-state index in [0.717, 1.165) is 5.69 Å². The van der Waals surface area contributed by atoms with E-state index in [4.69, 9.17) is 5.26 Å². The van der Waals surface area contributed by atoms with Crippen LogP contribution in [0.4, 0.5) is 11.4 Å². The Morgan fingerprint density at radius 1 is 1.40 bits per heavy atom. The van der Waals surface area contributed by atoms with Gasteiger partial charge in [0.2, 0.25) is 5.91 Å². The van der Waals surface area contributed by atoms with Crippen LogP contribution in [0.15, 0.2) is 24.3 Å². The number of carbonyl (C=O) groups is 1. The van der Waals surface area contributed by atoms with E-state index in [1.165, 1.54) is 6.92 Å². The first kappa shape index (κ1) is 11.1. The fourth-order valence-electron chi connectivity index (χ4n) is 1.17. The van der Waals surface area contributed by atoms with Gasteiger partial charge in [-0.3, -0.25) is 4.79 Å². The van der Waals surface area contributed by atoms with Crippen molar-refractivity contribution in [2.24, 2.45) is 0 Å². The molecule has 1 aromatic carbocycles. The summed E-state index contributed by atoms with van der Waals surface area (Å²) in [6.07, 6.45) is 0. The molecule has 0 saturated carbocycles. The van der Waals surface area contributed by atoms with Gasteiger partial charge in [-0.25, -0.2) is 0 Å². The van der Waals surface area contributed by atoms with Crippen LogP contribution in [0.2, 0.25) is 0 Å². The van der Waals surface area contributed by atoms with Crippen LogP contribution in [-0.4, -0.2) is 11.9 Å². The van der Waals surface area contributed by atoms with Crippen LogP contribution in [0, 0.1) is 11.3 Å². The lowest BCUT2D eigenvalue weighted by Gasteiger charge is -2.13. The third-order valence-electron chi connectivity index (χ3n) is 1.80. The highest BCUT2D eigenvalue weighted by Gasteiger charge is 2.05. The number of nitrogens with one attached hydrogen (secondary N) is 2. The van der Waals surface area contributed by atoms with E-state index in [1.54, 1.807) is 13.0 Å². The molecule has 1 unspecified atom stereocenters. The van der Waals surface area contributed by atoms with Crippen LogP contribution in [-0.2, 0) is 4.79 Å². The van der Waals surface area contributed by atoms with E-state index in [0.29, 0.717) is 5.69 Å². The third kappa shape index (κ3) is 3.31. The molecule has 0 bridgehead atoms. The molecule has 0 aliphatic heterocycles. The molecular weight excluding hydrogens is 190 g/mol. The van der Waals surface area contributed by atoms with Crippen LogP contribution < -0.4 is 10.6 Å². The van der Waals surface area contributed by atoms with Crippen molar-refractivity contribution in [2.75, 3.05) is 10.6 Å². The number of hydrogen-bond donors (Lipinski definition) is 2. The summed E-state index contributed by atoms with van der Waals surface area (Å²) >= 11 is 0. The van der Waals surface area contributed by atoms with Gasteiger partial charge in [0.15, 0.2) is 0 Å². The maximum Gasteiger partial charge on any atom is 0.221 e. The summed E-state index contributed by atoms with van der Waals surface area (Å²) in [6, 6.07) is 9.05. The number of carbonyl (C=O) groups excluding carboxylic acids is 1. The Balaban J connectivity index is 2.87. The number of anilines is 2. The summed E-state index contributed by atoms with van der Waals surface area (Å²) in [4.78, 5) is 10.9. The summed E-state index contributed by atoms with van der Waals surface area (Å²) in [7, 11) is 0. The van der Waals surface area contributed by atoms with Gasteiger partial charge in [-0.15, -0.1) is 0 Å². The van der Waals surface area contributed by atoms with Gasteiger partial charge < -0.3 is 10.6 Å². The lowest BCUT2D eigenvalue weighted by Crippen LogP contribution is -2.15. The molecule has 1 rings (SSSR count).